The normalized spacial score (nSPS) is 10.6. The molecule has 21 heavy (non-hydrogen) atoms. The zero-order chi connectivity index (χ0) is 15.1. The molecule has 4 heteroatoms. The number of rotatable bonds is 5. The number of carbonyl (C=O) groups excluding carboxylic acids is 1. The fourth-order valence-electron chi connectivity index (χ4n) is 1.83. The summed E-state index contributed by atoms with van der Waals surface area (Å²) in [5, 5.41) is 3.96. The Morgan fingerprint density at radius 2 is 2.00 bits per heavy atom. The number of nitrogens with one attached hydrogen (secondary N) is 1. The van der Waals surface area contributed by atoms with E-state index in [1.807, 2.05) is 24.3 Å². The lowest BCUT2D eigenvalue weighted by molar-refractivity contribution is 0.0955. The average molecular weight is 282 g/mol. The second-order valence-corrected chi connectivity index (χ2v) is 4.53. The van der Waals surface area contributed by atoms with E-state index in [0.717, 1.165) is 12.0 Å². The lowest BCUT2D eigenvalue weighted by Gasteiger charge is -2.03. The fraction of sp³-hybridized carbons (Fsp3) is 0.176. The molecule has 108 valence electrons. The van der Waals surface area contributed by atoms with Crippen LogP contribution in [0.15, 0.2) is 53.6 Å². The molecular formula is C17H18N2O2. The van der Waals surface area contributed by atoms with Crippen LogP contribution < -0.4 is 10.2 Å². The van der Waals surface area contributed by atoms with E-state index >= 15 is 0 Å². The number of nitrogens with zero attached hydrogens (tertiary/aromatic N) is 1. The zero-order valence-corrected chi connectivity index (χ0v) is 12.2. The van der Waals surface area contributed by atoms with E-state index in [1.165, 1.54) is 5.56 Å². The van der Waals surface area contributed by atoms with E-state index in [4.69, 9.17) is 4.74 Å². The molecule has 0 heterocycles. The second-order valence-electron chi connectivity index (χ2n) is 4.53. The third-order valence-electron chi connectivity index (χ3n) is 3.10. The minimum atomic E-state index is -0.268. The molecule has 1 N–H and O–H groups in total. The Hall–Kier alpha value is -2.62. The summed E-state index contributed by atoms with van der Waals surface area (Å²) in [5.41, 5.74) is 5.22. The molecule has 0 aromatic heterocycles. The van der Waals surface area contributed by atoms with Gasteiger partial charge in [0.1, 0.15) is 5.75 Å². The molecule has 2 aromatic carbocycles. The Morgan fingerprint density at radius 3 is 2.67 bits per heavy atom. The monoisotopic (exact) mass is 282 g/mol. The number of amides is 1. The molecule has 0 fully saturated rings. The summed E-state index contributed by atoms with van der Waals surface area (Å²) >= 11 is 0. The molecular weight excluding hydrogens is 264 g/mol. The van der Waals surface area contributed by atoms with Crippen LogP contribution >= 0.6 is 0 Å². The molecule has 0 bridgehead atoms. The third-order valence-corrected chi connectivity index (χ3v) is 3.10. The van der Waals surface area contributed by atoms with Crippen molar-refractivity contribution in [2.45, 2.75) is 13.3 Å². The van der Waals surface area contributed by atoms with Crippen LogP contribution in [-0.4, -0.2) is 19.2 Å². The predicted octanol–water partition coefficient (Wildman–Crippen LogP) is 3.02. The van der Waals surface area contributed by atoms with Crippen molar-refractivity contribution < 1.29 is 9.53 Å². The minimum Gasteiger partial charge on any atom is -0.497 e. The van der Waals surface area contributed by atoms with E-state index < -0.39 is 0 Å². The van der Waals surface area contributed by atoms with Gasteiger partial charge >= 0.3 is 0 Å². The van der Waals surface area contributed by atoms with Gasteiger partial charge in [-0.05, 0) is 35.7 Å². The van der Waals surface area contributed by atoms with E-state index in [2.05, 4.69) is 17.5 Å². The van der Waals surface area contributed by atoms with Gasteiger partial charge in [0.15, 0.2) is 0 Å². The van der Waals surface area contributed by atoms with Gasteiger partial charge < -0.3 is 4.74 Å². The largest absolute Gasteiger partial charge is 0.497 e. The van der Waals surface area contributed by atoms with Crippen LogP contribution in [-0.2, 0) is 6.42 Å². The molecule has 0 saturated heterocycles. The van der Waals surface area contributed by atoms with Crippen LogP contribution in [0.3, 0.4) is 0 Å². The first-order chi connectivity index (χ1) is 10.2. The van der Waals surface area contributed by atoms with Crippen molar-refractivity contribution in [2.24, 2.45) is 5.10 Å². The number of ether oxygens (including phenoxy) is 1. The van der Waals surface area contributed by atoms with Crippen LogP contribution in [0.2, 0.25) is 0 Å². The van der Waals surface area contributed by atoms with Gasteiger partial charge in [-0.1, -0.05) is 37.3 Å². The molecule has 0 saturated carbocycles. The van der Waals surface area contributed by atoms with Crippen molar-refractivity contribution in [3.05, 3.63) is 65.2 Å². The highest BCUT2D eigenvalue weighted by atomic mass is 16.5. The van der Waals surface area contributed by atoms with Gasteiger partial charge in [0.05, 0.1) is 13.3 Å². The molecule has 2 rings (SSSR count). The summed E-state index contributed by atoms with van der Waals surface area (Å²) in [6.07, 6.45) is 2.63. The number of hydrazone groups is 1. The van der Waals surface area contributed by atoms with Crippen LogP contribution in [0.1, 0.15) is 28.4 Å². The second kappa shape index (κ2) is 7.24. The number of hydrogen-bond donors (Lipinski definition) is 1. The molecule has 0 aliphatic rings. The number of hydrogen-bond acceptors (Lipinski definition) is 3. The summed E-state index contributed by atoms with van der Waals surface area (Å²) < 4.78 is 5.08. The van der Waals surface area contributed by atoms with Crippen molar-refractivity contribution in [1.82, 2.24) is 5.43 Å². The summed E-state index contributed by atoms with van der Waals surface area (Å²) in [4.78, 5) is 11.9. The highest BCUT2D eigenvalue weighted by Crippen LogP contribution is 2.12. The van der Waals surface area contributed by atoms with E-state index in [1.54, 1.807) is 37.6 Å². The Kier molecular flexibility index (Phi) is 5.10. The summed E-state index contributed by atoms with van der Waals surface area (Å²) in [5.74, 6) is 0.372. The minimum absolute atomic E-state index is 0.268. The SMILES string of the molecule is CCc1ccc(/C=N/NC(=O)c2cccc(OC)c2)cc1. The average Bonchev–Trinajstić information content (AvgIpc) is 2.55. The Balaban J connectivity index is 1.97. The molecule has 0 aliphatic heterocycles. The third kappa shape index (κ3) is 4.18. The van der Waals surface area contributed by atoms with Crippen molar-refractivity contribution in [3.8, 4) is 5.75 Å². The molecule has 4 nitrogen and oxygen atoms in total. The first kappa shape index (κ1) is 14.8. The van der Waals surface area contributed by atoms with E-state index in [-0.39, 0.29) is 5.91 Å². The lowest BCUT2D eigenvalue weighted by Crippen LogP contribution is -2.17. The lowest BCUT2D eigenvalue weighted by atomic mass is 10.1. The Morgan fingerprint density at radius 1 is 1.24 bits per heavy atom. The summed E-state index contributed by atoms with van der Waals surface area (Å²) in [7, 11) is 1.56. The summed E-state index contributed by atoms with van der Waals surface area (Å²) in [6, 6.07) is 15.0. The standard InChI is InChI=1S/C17H18N2O2/c1-3-13-7-9-14(10-8-13)12-18-19-17(20)15-5-4-6-16(11-15)21-2/h4-12H,3H2,1-2H3,(H,19,20)/b18-12+. The highest BCUT2D eigenvalue weighted by Gasteiger charge is 2.04. The first-order valence-electron chi connectivity index (χ1n) is 6.79. The number of carbonyl (C=O) groups is 1. The van der Waals surface area contributed by atoms with Gasteiger partial charge in [0.2, 0.25) is 0 Å². The van der Waals surface area contributed by atoms with Crippen LogP contribution in [0.5, 0.6) is 5.75 Å². The molecule has 0 unspecified atom stereocenters. The molecule has 0 atom stereocenters. The molecule has 2 aromatic rings. The van der Waals surface area contributed by atoms with Crippen LogP contribution in [0, 0.1) is 0 Å². The molecule has 0 spiro atoms. The van der Waals surface area contributed by atoms with Gasteiger partial charge in [-0.25, -0.2) is 5.43 Å². The molecule has 1 amide bonds. The van der Waals surface area contributed by atoms with Gasteiger partial charge in [-0.3, -0.25) is 4.79 Å². The fourth-order valence-corrected chi connectivity index (χ4v) is 1.83. The van der Waals surface area contributed by atoms with Crippen molar-refractivity contribution in [2.75, 3.05) is 7.11 Å². The maximum atomic E-state index is 11.9. The maximum Gasteiger partial charge on any atom is 0.271 e. The van der Waals surface area contributed by atoms with E-state index in [0.29, 0.717) is 11.3 Å². The topological polar surface area (TPSA) is 50.7 Å². The van der Waals surface area contributed by atoms with Crippen molar-refractivity contribution in [3.63, 3.8) is 0 Å². The van der Waals surface area contributed by atoms with Crippen molar-refractivity contribution >= 4 is 12.1 Å². The smallest absolute Gasteiger partial charge is 0.271 e. The van der Waals surface area contributed by atoms with Crippen LogP contribution in [0.25, 0.3) is 0 Å². The maximum absolute atomic E-state index is 11.9. The zero-order valence-electron chi connectivity index (χ0n) is 12.2. The van der Waals surface area contributed by atoms with Gasteiger partial charge in [0, 0.05) is 5.56 Å². The highest BCUT2D eigenvalue weighted by molar-refractivity contribution is 5.95. The Bertz CT molecular complexity index is 633. The first-order valence-corrected chi connectivity index (χ1v) is 6.79. The Labute approximate surface area is 124 Å². The van der Waals surface area contributed by atoms with Crippen LogP contribution in [0.4, 0.5) is 0 Å². The quantitative estimate of drug-likeness (QED) is 0.677. The van der Waals surface area contributed by atoms with E-state index in [9.17, 15) is 4.79 Å². The number of methoxy groups -OCH3 is 1. The predicted molar refractivity (Wildman–Crippen MR) is 83.9 cm³/mol. The number of aryl methyl sites for hydroxylation is 1. The number of benzene rings is 2. The van der Waals surface area contributed by atoms with Gasteiger partial charge in [-0.15, -0.1) is 0 Å². The van der Waals surface area contributed by atoms with Gasteiger partial charge in [-0.2, -0.15) is 5.10 Å². The molecule has 0 radical (unpaired) electrons. The summed E-state index contributed by atoms with van der Waals surface area (Å²) in [6.45, 7) is 2.11. The van der Waals surface area contributed by atoms with Crippen molar-refractivity contribution in [1.29, 1.82) is 0 Å². The van der Waals surface area contributed by atoms with Gasteiger partial charge in [0.25, 0.3) is 5.91 Å². The molecule has 0 aliphatic carbocycles.